The molecule has 2 heterocycles. The van der Waals surface area contributed by atoms with Crippen LogP contribution in [0.15, 0.2) is 30.6 Å². The van der Waals surface area contributed by atoms with Crippen LogP contribution in [0, 0.1) is 6.92 Å². The number of amides is 1. The van der Waals surface area contributed by atoms with E-state index in [1.54, 1.807) is 46.0 Å². The summed E-state index contributed by atoms with van der Waals surface area (Å²) in [6, 6.07) is 5.22. The third-order valence-electron chi connectivity index (χ3n) is 3.42. The number of pyridine rings is 2. The number of hydrogen-bond donors (Lipinski definition) is 0. The highest BCUT2D eigenvalue weighted by molar-refractivity contribution is 5.88. The van der Waals surface area contributed by atoms with Gasteiger partial charge in [0.05, 0.1) is 13.7 Å². The molecular weight excluding hydrogens is 334 g/mol. The molecule has 2 aromatic rings. The van der Waals surface area contributed by atoms with Crippen molar-refractivity contribution in [2.24, 2.45) is 0 Å². The first-order chi connectivity index (χ1) is 12.2. The molecule has 0 radical (unpaired) electrons. The molecule has 0 aliphatic rings. The predicted molar refractivity (Wildman–Crippen MR) is 97.6 cm³/mol. The van der Waals surface area contributed by atoms with E-state index < -0.39 is 11.7 Å². The van der Waals surface area contributed by atoms with Gasteiger partial charge in [0.25, 0.3) is 0 Å². The maximum absolute atomic E-state index is 12.7. The van der Waals surface area contributed by atoms with E-state index in [9.17, 15) is 9.59 Å². The number of carbonyl (C=O) groups excluding carboxylic acids is 2. The number of carbonyl (C=O) groups is 2. The summed E-state index contributed by atoms with van der Waals surface area (Å²) in [6.07, 6.45) is 3.25. The molecule has 0 aromatic carbocycles. The van der Waals surface area contributed by atoms with Gasteiger partial charge >= 0.3 is 6.09 Å². The number of nitrogens with zero attached hydrogens (tertiary/aromatic N) is 3. The number of anilines is 1. The average molecular weight is 357 g/mol. The van der Waals surface area contributed by atoms with Crippen LogP contribution in [0.5, 0.6) is 5.88 Å². The first-order valence-electron chi connectivity index (χ1n) is 8.15. The number of rotatable bonds is 5. The quantitative estimate of drug-likeness (QED) is 0.761. The fraction of sp³-hybridized carbons (Fsp3) is 0.368. The number of aryl methyl sites for hydroxylation is 1. The smallest absolute Gasteiger partial charge is 0.416 e. The molecule has 26 heavy (non-hydrogen) atoms. The molecule has 0 atom stereocenters. The first-order valence-corrected chi connectivity index (χ1v) is 8.15. The van der Waals surface area contributed by atoms with Crippen LogP contribution in [-0.4, -0.2) is 35.1 Å². The molecule has 7 nitrogen and oxygen atoms in total. The number of ether oxygens (including phenoxy) is 2. The third kappa shape index (κ3) is 5.02. The Kier molecular flexibility index (Phi) is 5.92. The van der Waals surface area contributed by atoms with Gasteiger partial charge in [0, 0.05) is 24.0 Å². The van der Waals surface area contributed by atoms with Gasteiger partial charge in [-0.05, 0) is 44.9 Å². The molecule has 0 bridgehead atoms. The van der Waals surface area contributed by atoms with E-state index >= 15 is 0 Å². The van der Waals surface area contributed by atoms with Crippen molar-refractivity contribution in [1.82, 2.24) is 9.97 Å². The molecule has 7 heteroatoms. The van der Waals surface area contributed by atoms with Crippen LogP contribution in [0.3, 0.4) is 0 Å². The highest BCUT2D eigenvalue weighted by Gasteiger charge is 2.26. The van der Waals surface area contributed by atoms with E-state index in [-0.39, 0.29) is 6.54 Å². The van der Waals surface area contributed by atoms with Crippen LogP contribution in [-0.2, 0) is 11.3 Å². The Hall–Kier alpha value is -2.96. The van der Waals surface area contributed by atoms with Gasteiger partial charge in [0.1, 0.15) is 11.4 Å². The van der Waals surface area contributed by atoms with Gasteiger partial charge in [-0.3, -0.25) is 9.69 Å². The lowest BCUT2D eigenvalue weighted by molar-refractivity contribution is 0.0576. The van der Waals surface area contributed by atoms with Crippen molar-refractivity contribution in [3.05, 3.63) is 47.3 Å². The van der Waals surface area contributed by atoms with Crippen LogP contribution in [0.4, 0.5) is 10.6 Å². The second kappa shape index (κ2) is 7.95. The van der Waals surface area contributed by atoms with Crippen LogP contribution in [0.25, 0.3) is 0 Å². The maximum atomic E-state index is 12.7. The third-order valence-corrected chi connectivity index (χ3v) is 3.42. The van der Waals surface area contributed by atoms with Crippen molar-refractivity contribution < 1.29 is 19.1 Å². The lowest BCUT2D eigenvalue weighted by atomic mass is 10.2. The van der Waals surface area contributed by atoms with E-state index in [0.29, 0.717) is 22.8 Å². The van der Waals surface area contributed by atoms with E-state index in [0.717, 1.165) is 11.8 Å². The van der Waals surface area contributed by atoms with Crippen molar-refractivity contribution in [2.75, 3.05) is 12.0 Å². The summed E-state index contributed by atoms with van der Waals surface area (Å²) in [7, 11) is 1.54. The van der Waals surface area contributed by atoms with Gasteiger partial charge in [-0.25, -0.2) is 14.8 Å². The largest absolute Gasteiger partial charge is 0.481 e. The van der Waals surface area contributed by atoms with Crippen molar-refractivity contribution in [2.45, 2.75) is 39.8 Å². The number of hydrogen-bond acceptors (Lipinski definition) is 6. The topological polar surface area (TPSA) is 81.6 Å². The molecule has 0 spiro atoms. The molecule has 2 aromatic heterocycles. The number of methoxy groups -OCH3 is 1. The van der Waals surface area contributed by atoms with Crippen LogP contribution >= 0.6 is 0 Å². The summed E-state index contributed by atoms with van der Waals surface area (Å²) >= 11 is 0. The summed E-state index contributed by atoms with van der Waals surface area (Å²) in [5, 5.41) is 0. The molecule has 1 amide bonds. The molecule has 0 saturated heterocycles. The second-order valence-corrected chi connectivity index (χ2v) is 6.80. The lowest BCUT2D eigenvalue weighted by Crippen LogP contribution is -2.37. The molecule has 138 valence electrons. The summed E-state index contributed by atoms with van der Waals surface area (Å²) in [6.45, 7) is 7.41. The first kappa shape index (κ1) is 19.4. The number of aldehydes is 1. The zero-order valence-electron chi connectivity index (χ0n) is 15.6. The fourth-order valence-electron chi connectivity index (χ4n) is 2.29. The monoisotopic (exact) mass is 357 g/mol. The molecule has 0 N–H and O–H groups in total. The van der Waals surface area contributed by atoms with Crippen molar-refractivity contribution in [3.8, 4) is 5.88 Å². The minimum absolute atomic E-state index is 0.222. The SMILES string of the molecule is COc1ccc(CN(C(=O)OC(C)(C)C)c2ncc(C=O)cc2C)cn1. The highest BCUT2D eigenvalue weighted by atomic mass is 16.6. The Bertz CT molecular complexity index is 782. The molecular formula is C19H23N3O4. The van der Waals surface area contributed by atoms with Crippen molar-refractivity contribution >= 4 is 18.2 Å². The summed E-state index contributed by atoms with van der Waals surface area (Å²) < 4.78 is 10.6. The van der Waals surface area contributed by atoms with Crippen LogP contribution in [0.2, 0.25) is 0 Å². The average Bonchev–Trinajstić information content (AvgIpc) is 2.59. The summed E-state index contributed by atoms with van der Waals surface area (Å²) in [5.41, 5.74) is 1.28. The van der Waals surface area contributed by atoms with Crippen LogP contribution < -0.4 is 9.64 Å². The van der Waals surface area contributed by atoms with Gasteiger partial charge in [-0.15, -0.1) is 0 Å². The Balaban J connectivity index is 2.37. The minimum atomic E-state index is -0.649. The minimum Gasteiger partial charge on any atom is -0.481 e. The van der Waals surface area contributed by atoms with Gasteiger partial charge in [-0.2, -0.15) is 0 Å². The van der Waals surface area contributed by atoms with Crippen molar-refractivity contribution in [3.63, 3.8) is 0 Å². The Labute approximate surface area is 153 Å². The molecule has 0 unspecified atom stereocenters. The molecule has 0 aliphatic heterocycles. The summed E-state index contributed by atoms with van der Waals surface area (Å²) in [4.78, 5) is 33.6. The van der Waals surface area contributed by atoms with Gasteiger partial charge in [0.2, 0.25) is 5.88 Å². The van der Waals surface area contributed by atoms with E-state index in [1.165, 1.54) is 18.2 Å². The normalized spacial score (nSPS) is 11.0. The van der Waals surface area contributed by atoms with Crippen molar-refractivity contribution in [1.29, 1.82) is 0 Å². The summed E-state index contributed by atoms with van der Waals surface area (Å²) in [5.74, 6) is 0.919. The van der Waals surface area contributed by atoms with Crippen LogP contribution in [0.1, 0.15) is 42.3 Å². The Morgan fingerprint density at radius 3 is 2.46 bits per heavy atom. The van der Waals surface area contributed by atoms with Gasteiger partial charge in [-0.1, -0.05) is 6.07 Å². The van der Waals surface area contributed by atoms with E-state index in [4.69, 9.17) is 9.47 Å². The van der Waals surface area contributed by atoms with E-state index in [2.05, 4.69) is 9.97 Å². The number of aromatic nitrogens is 2. The molecule has 0 saturated carbocycles. The Morgan fingerprint density at radius 1 is 1.23 bits per heavy atom. The van der Waals surface area contributed by atoms with E-state index in [1.807, 2.05) is 6.07 Å². The standard InChI is InChI=1S/C19H23N3O4/c1-13-8-15(12-23)10-21-17(13)22(18(24)26-19(2,3)4)11-14-6-7-16(25-5)20-9-14/h6-10,12H,11H2,1-5H3. The molecule has 0 aliphatic carbocycles. The Morgan fingerprint density at radius 2 is 1.96 bits per heavy atom. The molecule has 0 fully saturated rings. The maximum Gasteiger partial charge on any atom is 0.416 e. The highest BCUT2D eigenvalue weighted by Crippen LogP contribution is 2.23. The van der Waals surface area contributed by atoms with Gasteiger partial charge < -0.3 is 9.47 Å². The zero-order valence-corrected chi connectivity index (χ0v) is 15.6. The predicted octanol–water partition coefficient (Wildman–Crippen LogP) is 3.55. The zero-order chi connectivity index (χ0) is 19.3. The fourth-order valence-corrected chi connectivity index (χ4v) is 2.29. The molecule has 2 rings (SSSR count). The lowest BCUT2D eigenvalue weighted by Gasteiger charge is -2.27. The second-order valence-electron chi connectivity index (χ2n) is 6.80. The van der Waals surface area contributed by atoms with Gasteiger partial charge in [0.15, 0.2) is 6.29 Å².